The maximum Gasteiger partial charge on any atom is 0.237 e. The van der Waals surface area contributed by atoms with Gasteiger partial charge in [0, 0.05) is 19.2 Å². The third-order valence-corrected chi connectivity index (χ3v) is 5.04. The maximum absolute atomic E-state index is 14.6. The van der Waals surface area contributed by atoms with Crippen molar-refractivity contribution in [2.75, 3.05) is 20.8 Å². The second kappa shape index (κ2) is 8.60. The molecular formula is C19H26FN3O3. The summed E-state index contributed by atoms with van der Waals surface area (Å²) in [6, 6.07) is 1.24. The van der Waals surface area contributed by atoms with E-state index in [4.69, 9.17) is 9.47 Å². The second-order valence-electron chi connectivity index (χ2n) is 6.72. The molecule has 1 aliphatic carbocycles. The van der Waals surface area contributed by atoms with Gasteiger partial charge in [-0.15, -0.1) is 0 Å². The second-order valence-corrected chi connectivity index (χ2v) is 6.72. The van der Waals surface area contributed by atoms with Gasteiger partial charge in [-0.05, 0) is 50.3 Å². The summed E-state index contributed by atoms with van der Waals surface area (Å²) >= 11 is 0. The fourth-order valence-electron chi connectivity index (χ4n) is 3.49. The number of carbonyl (C=O) groups is 1. The van der Waals surface area contributed by atoms with Crippen molar-refractivity contribution >= 4 is 11.5 Å². The summed E-state index contributed by atoms with van der Waals surface area (Å²) in [6.07, 6.45) is 6.29. The van der Waals surface area contributed by atoms with Crippen molar-refractivity contribution in [1.82, 2.24) is 15.6 Å². The zero-order valence-electron chi connectivity index (χ0n) is 15.3. The maximum atomic E-state index is 14.6. The molecule has 0 saturated carbocycles. The van der Waals surface area contributed by atoms with Crippen molar-refractivity contribution in [3.05, 3.63) is 29.2 Å². The fourth-order valence-corrected chi connectivity index (χ4v) is 3.49. The van der Waals surface area contributed by atoms with Crippen LogP contribution in [-0.4, -0.2) is 43.8 Å². The Labute approximate surface area is 153 Å². The number of allylic oxidation sites excluding steroid dienone is 1. The number of halogens is 1. The molecule has 2 unspecified atom stereocenters. The summed E-state index contributed by atoms with van der Waals surface area (Å²) in [4.78, 5) is 16.5. The van der Waals surface area contributed by atoms with E-state index in [-0.39, 0.29) is 24.6 Å². The summed E-state index contributed by atoms with van der Waals surface area (Å²) < 4.78 is 25.3. The van der Waals surface area contributed by atoms with Gasteiger partial charge in [-0.25, -0.2) is 9.37 Å². The van der Waals surface area contributed by atoms with Gasteiger partial charge in [-0.2, -0.15) is 0 Å². The van der Waals surface area contributed by atoms with Crippen molar-refractivity contribution in [2.24, 2.45) is 0 Å². The third-order valence-electron chi connectivity index (χ3n) is 5.04. The largest absolute Gasteiger partial charge is 0.481 e. The number of nitrogens with zero attached hydrogens (tertiary/aromatic N) is 1. The quantitative estimate of drug-likeness (QED) is 0.811. The summed E-state index contributed by atoms with van der Waals surface area (Å²) in [5, 5.41) is 5.98. The Morgan fingerprint density at radius 3 is 2.88 bits per heavy atom. The fraction of sp³-hybridized carbons (Fsp3) is 0.579. The number of carbonyl (C=O) groups excluding carboxylic acids is 1. The van der Waals surface area contributed by atoms with E-state index in [0.29, 0.717) is 17.1 Å². The van der Waals surface area contributed by atoms with Gasteiger partial charge < -0.3 is 20.1 Å². The molecule has 1 amide bonds. The first-order valence-corrected chi connectivity index (χ1v) is 9.09. The minimum atomic E-state index is -0.392. The van der Waals surface area contributed by atoms with E-state index in [9.17, 15) is 9.18 Å². The van der Waals surface area contributed by atoms with Crippen molar-refractivity contribution in [1.29, 1.82) is 0 Å². The monoisotopic (exact) mass is 363 g/mol. The average molecular weight is 363 g/mol. The number of nitrogens with one attached hydrogen (secondary N) is 2. The van der Waals surface area contributed by atoms with Gasteiger partial charge in [-0.3, -0.25) is 4.79 Å². The van der Waals surface area contributed by atoms with Crippen LogP contribution in [0.1, 0.15) is 43.4 Å². The van der Waals surface area contributed by atoms with Crippen LogP contribution in [0.25, 0.3) is 5.57 Å². The molecule has 1 aromatic rings. The first-order chi connectivity index (χ1) is 12.6. The molecule has 7 heteroatoms. The van der Waals surface area contributed by atoms with Crippen molar-refractivity contribution in [2.45, 2.75) is 50.8 Å². The Hall–Kier alpha value is -1.99. The smallest absolute Gasteiger partial charge is 0.237 e. The molecule has 1 fully saturated rings. The molecule has 0 spiro atoms. The summed E-state index contributed by atoms with van der Waals surface area (Å²) in [5.41, 5.74) is 1.73. The van der Waals surface area contributed by atoms with Gasteiger partial charge in [0.2, 0.25) is 11.8 Å². The number of ether oxygens (including phenoxy) is 2. The molecule has 0 aromatic carbocycles. The van der Waals surface area contributed by atoms with E-state index in [0.717, 1.165) is 44.2 Å². The highest BCUT2D eigenvalue weighted by Crippen LogP contribution is 2.31. The van der Waals surface area contributed by atoms with Crippen LogP contribution in [0, 0.1) is 5.82 Å². The van der Waals surface area contributed by atoms with E-state index < -0.39 is 5.82 Å². The molecule has 2 aliphatic rings. The van der Waals surface area contributed by atoms with Crippen LogP contribution in [0.15, 0.2) is 12.1 Å². The molecule has 1 aliphatic heterocycles. The van der Waals surface area contributed by atoms with E-state index in [1.165, 1.54) is 13.2 Å². The first kappa shape index (κ1) is 18.8. The molecule has 6 nitrogen and oxygen atoms in total. The van der Waals surface area contributed by atoms with Crippen LogP contribution in [-0.2, 0) is 16.1 Å². The van der Waals surface area contributed by atoms with Gasteiger partial charge in [0.15, 0.2) is 0 Å². The number of hydrogen-bond donors (Lipinski definition) is 2. The lowest BCUT2D eigenvalue weighted by atomic mass is 9.94. The Morgan fingerprint density at radius 1 is 1.42 bits per heavy atom. The number of pyridine rings is 1. The molecule has 0 bridgehead atoms. The van der Waals surface area contributed by atoms with E-state index >= 15 is 0 Å². The standard InChI is InChI=1S/C19H26FN3O3/c1-25-14-7-5-12(6-8-14)17-15(20)10-13(19(23-17)26-2)11-22-18(24)16-4-3-9-21-16/h5,10,14,16,21H,3-4,6-9,11H2,1-2H3,(H,22,24). The molecule has 2 atom stereocenters. The zero-order valence-corrected chi connectivity index (χ0v) is 15.3. The lowest BCUT2D eigenvalue weighted by molar-refractivity contribution is -0.122. The molecule has 142 valence electrons. The Morgan fingerprint density at radius 2 is 2.27 bits per heavy atom. The minimum Gasteiger partial charge on any atom is -0.481 e. The van der Waals surface area contributed by atoms with Crippen LogP contribution < -0.4 is 15.4 Å². The molecule has 2 N–H and O–H groups in total. The summed E-state index contributed by atoms with van der Waals surface area (Å²) in [6.45, 7) is 1.04. The third kappa shape index (κ3) is 4.22. The van der Waals surface area contributed by atoms with Crippen LogP contribution in [0.5, 0.6) is 5.88 Å². The Balaban J connectivity index is 1.72. The molecule has 26 heavy (non-hydrogen) atoms. The number of rotatable bonds is 6. The van der Waals surface area contributed by atoms with E-state index in [1.807, 2.05) is 6.08 Å². The average Bonchev–Trinajstić information content (AvgIpc) is 3.21. The number of methoxy groups -OCH3 is 2. The highest BCUT2D eigenvalue weighted by Gasteiger charge is 2.23. The van der Waals surface area contributed by atoms with Crippen LogP contribution in [0.2, 0.25) is 0 Å². The predicted octanol–water partition coefficient (Wildman–Crippen LogP) is 2.18. The topological polar surface area (TPSA) is 72.5 Å². The van der Waals surface area contributed by atoms with Gasteiger partial charge >= 0.3 is 0 Å². The SMILES string of the molecule is COc1nc(C2=CCC(OC)CC2)c(F)cc1CNC(=O)C1CCCN1. The van der Waals surface area contributed by atoms with E-state index in [2.05, 4.69) is 15.6 Å². The zero-order chi connectivity index (χ0) is 18.5. The lowest BCUT2D eigenvalue weighted by Crippen LogP contribution is -2.40. The number of amides is 1. The molecule has 2 heterocycles. The highest BCUT2D eigenvalue weighted by molar-refractivity contribution is 5.82. The first-order valence-electron chi connectivity index (χ1n) is 9.09. The predicted molar refractivity (Wildman–Crippen MR) is 96.2 cm³/mol. The Kier molecular flexibility index (Phi) is 6.21. The molecule has 3 rings (SSSR count). The van der Waals surface area contributed by atoms with E-state index in [1.54, 1.807) is 7.11 Å². The minimum absolute atomic E-state index is 0.0744. The summed E-state index contributed by atoms with van der Waals surface area (Å²) in [5.74, 6) is -0.123. The highest BCUT2D eigenvalue weighted by atomic mass is 19.1. The molecule has 1 saturated heterocycles. The number of hydrogen-bond acceptors (Lipinski definition) is 5. The molecule has 0 radical (unpaired) electrons. The van der Waals surface area contributed by atoms with Crippen LogP contribution in [0.4, 0.5) is 4.39 Å². The van der Waals surface area contributed by atoms with Crippen LogP contribution >= 0.6 is 0 Å². The van der Waals surface area contributed by atoms with Gasteiger partial charge in [0.1, 0.15) is 11.5 Å². The lowest BCUT2D eigenvalue weighted by Gasteiger charge is -2.21. The number of aromatic nitrogens is 1. The molecular weight excluding hydrogens is 337 g/mol. The van der Waals surface area contributed by atoms with Gasteiger partial charge in [-0.1, -0.05) is 6.08 Å². The van der Waals surface area contributed by atoms with Crippen LogP contribution in [0.3, 0.4) is 0 Å². The van der Waals surface area contributed by atoms with Crippen molar-refractivity contribution < 1.29 is 18.7 Å². The van der Waals surface area contributed by atoms with Gasteiger partial charge in [0.25, 0.3) is 0 Å². The normalized spacial score (nSPS) is 22.8. The Bertz CT molecular complexity index is 687. The summed E-state index contributed by atoms with van der Waals surface area (Å²) in [7, 11) is 3.19. The van der Waals surface area contributed by atoms with Crippen molar-refractivity contribution in [3.8, 4) is 5.88 Å². The van der Waals surface area contributed by atoms with Crippen molar-refractivity contribution in [3.63, 3.8) is 0 Å². The molecule has 1 aromatic heterocycles. The van der Waals surface area contributed by atoms with Gasteiger partial charge in [0.05, 0.1) is 19.3 Å².